The van der Waals surface area contributed by atoms with Crippen LogP contribution in [0.5, 0.6) is 17.2 Å². The van der Waals surface area contributed by atoms with E-state index in [4.69, 9.17) is 18.9 Å². The van der Waals surface area contributed by atoms with E-state index in [-0.39, 0.29) is 40.3 Å². The molecule has 3 aliphatic heterocycles. The van der Waals surface area contributed by atoms with E-state index in [9.17, 15) is 33.8 Å². The van der Waals surface area contributed by atoms with Crippen LogP contribution in [0.1, 0.15) is 63.5 Å². The molecule has 3 aromatic carbocycles. The van der Waals surface area contributed by atoms with E-state index in [1.54, 1.807) is 30.3 Å². The second-order valence-electron chi connectivity index (χ2n) is 13.4. The van der Waals surface area contributed by atoms with Crippen LogP contribution in [0, 0.1) is 10.1 Å². The van der Waals surface area contributed by atoms with E-state index in [1.165, 1.54) is 67.6 Å². The molecule has 0 saturated carbocycles. The molecule has 1 saturated heterocycles. The first kappa shape index (κ1) is 42.1. The molecule has 0 aliphatic carbocycles. The number of aliphatic hydroxyl groups is 1. The Labute approximate surface area is 332 Å². The summed E-state index contributed by atoms with van der Waals surface area (Å²) < 4.78 is 33.6. The van der Waals surface area contributed by atoms with Gasteiger partial charge in [0.2, 0.25) is 6.79 Å². The molecule has 0 spiro atoms. The maximum Gasteiger partial charge on any atom is 0.358 e. The molecule has 3 aliphatic rings. The Bertz CT molecular complexity index is 1910. The van der Waals surface area contributed by atoms with Crippen molar-refractivity contribution in [3.05, 3.63) is 105 Å². The molecule has 16 heteroatoms. The molecule has 6 rings (SSSR count). The third-order valence-corrected chi connectivity index (χ3v) is 12.2. The number of hydrogen-bond acceptors (Lipinski definition) is 12. The number of aliphatic hydroxyl groups excluding tert-OH is 1. The van der Waals surface area contributed by atoms with Gasteiger partial charge in [-0.05, 0) is 48.7 Å². The molecule has 0 radical (unpaired) electrons. The minimum Gasteiger partial charge on any atom is -0.509 e. The molecule has 2 amide bonds. The number of amides is 2. The molecular formula is C40H47N3O11S2. The largest absolute Gasteiger partial charge is 0.509 e. The van der Waals surface area contributed by atoms with Crippen LogP contribution in [-0.4, -0.2) is 78.5 Å². The van der Waals surface area contributed by atoms with Crippen molar-refractivity contribution in [1.29, 1.82) is 0 Å². The normalized spacial score (nSPS) is 17.8. The Kier molecular flexibility index (Phi) is 15.6. The molecule has 4 atom stereocenters. The minimum atomic E-state index is -0.994. The van der Waals surface area contributed by atoms with Crippen molar-refractivity contribution in [3.8, 4) is 17.2 Å². The van der Waals surface area contributed by atoms with Crippen molar-refractivity contribution < 1.29 is 47.6 Å². The van der Waals surface area contributed by atoms with Gasteiger partial charge in [-0.15, -0.1) is 11.8 Å². The number of fused-ring (bicyclic) bond motifs is 2. The number of esters is 1. The summed E-state index contributed by atoms with van der Waals surface area (Å²) in [5.41, 5.74) is 0.790. The smallest absolute Gasteiger partial charge is 0.358 e. The average molecular weight is 810 g/mol. The number of nitrogens with zero attached hydrogens (tertiary/aromatic N) is 2. The highest BCUT2D eigenvalue weighted by atomic mass is 32.2. The fourth-order valence-electron chi connectivity index (χ4n) is 6.22. The van der Waals surface area contributed by atoms with E-state index < -0.39 is 51.5 Å². The first-order chi connectivity index (χ1) is 27.1. The highest BCUT2D eigenvalue weighted by molar-refractivity contribution is 8.00. The number of thioether (sulfide) groups is 1. The van der Waals surface area contributed by atoms with Crippen molar-refractivity contribution in [2.24, 2.45) is 0 Å². The molecule has 3 aromatic rings. The van der Waals surface area contributed by atoms with E-state index >= 15 is 0 Å². The van der Waals surface area contributed by atoms with Gasteiger partial charge in [-0.25, -0.2) is 4.79 Å². The highest BCUT2D eigenvalue weighted by Gasteiger charge is 2.54. The molecule has 0 bridgehead atoms. The monoisotopic (exact) mass is 809 g/mol. The maximum atomic E-state index is 12.7. The van der Waals surface area contributed by atoms with Gasteiger partial charge in [0.05, 0.1) is 16.2 Å². The zero-order valence-corrected chi connectivity index (χ0v) is 33.0. The van der Waals surface area contributed by atoms with E-state index in [0.717, 1.165) is 35.0 Å². The lowest BCUT2D eigenvalue weighted by Gasteiger charge is -2.48. The van der Waals surface area contributed by atoms with E-state index in [2.05, 4.69) is 19.2 Å². The predicted octanol–water partition coefficient (Wildman–Crippen LogP) is 6.34. The van der Waals surface area contributed by atoms with E-state index in [0.29, 0.717) is 12.5 Å². The van der Waals surface area contributed by atoms with Gasteiger partial charge in [0, 0.05) is 27.9 Å². The van der Waals surface area contributed by atoms with Gasteiger partial charge in [-0.1, -0.05) is 82.3 Å². The van der Waals surface area contributed by atoms with Crippen molar-refractivity contribution in [2.75, 3.05) is 24.9 Å². The molecule has 14 nitrogen and oxygen atoms in total. The quantitative estimate of drug-likeness (QED) is 0.0479. The fourth-order valence-corrected chi connectivity index (χ4v) is 8.69. The summed E-state index contributed by atoms with van der Waals surface area (Å²) in [4.78, 5) is 49.2. The van der Waals surface area contributed by atoms with Gasteiger partial charge < -0.3 is 29.4 Å². The van der Waals surface area contributed by atoms with Crippen molar-refractivity contribution in [2.45, 2.75) is 82.1 Å². The second-order valence-corrected chi connectivity index (χ2v) is 16.4. The summed E-state index contributed by atoms with van der Waals surface area (Å²) in [5, 5.41) is 23.5. The fraction of sp³-hybridized carbons (Fsp3) is 0.425. The number of nitrogens with one attached hydrogen (secondary N) is 1. The van der Waals surface area contributed by atoms with Gasteiger partial charge in [0.1, 0.15) is 29.5 Å². The predicted molar refractivity (Wildman–Crippen MR) is 212 cm³/mol. The standard InChI is InChI=1S/C22H19N3O8S.C18H28O3S/c26-16-12-34-21-18(23-17(27)11-32-14-7-2-1-3-8-14)20(28)24(21)19(16)22(29)33-10-13-6-4-5-9-15(13)25(30)31;1-3-4-5-6-7-8-11-22(19)15(2)12-16-9-10-17-18(13-16)21-14-20-17/h1-9,18,21,26H,10-12H2,(H,23,27);9-10,13,15H,3-8,11-12,14H2,1-2H3/t18?,21-;/m1./s1. The van der Waals surface area contributed by atoms with Gasteiger partial charge in [-0.2, -0.15) is 0 Å². The Balaban J connectivity index is 0.000000236. The molecule has 1 fully saturated rings. The van der Waals surface area contributed by atoms with Crippen LogP contribution in [0.15, 0.2) is 84.3 Å². The first-order valence-corrected chi connectivity index (χ1v) is 21.0. The number of carbonyl (C=O) groups excluding carboxylic acids is 3. The maximum absolute atomic E-state index is 12.7. The van der Waals surface area contributed by atoms with Gasteiger partial charge in [-0.3, -0.25) is 28.8 Å². The van der Waals surface area contributed by atoms with E-state index in [1.807, 2.05) is 24.3 Å². The topological polar surface area (TPSA) is 184 Å². The van der Waals surface area contributed by atoms with Gasteiger partial charge in [0.15, 0.2) is 23.8 Å². The number of carbonyl (C=O) groups is 3. The van der Waals surface area contributed by atoms with Crippen LogP contribution < -0.4 is 19.5 Å². The summed E-state index contributed by atoms with van der Waals surface area (Å²) in [7, 11) is -0.743. The van der Waals surface area contributed by atoms with Crippen LogP contribution in [0.2, 0.25) is 0 Å². The lowest BCUT2D eigenvalue weighted by molar-refractivity contribution is -0.385. The number of nitro groups is 1. The van der Waals surface area contributed by atoms with Crippen molar-refractivity contribution in [3.63, 3.8) is 0 Å². The van der Waals surface area contributed by atoms with Gasteiger partial charge >= 0.3 is 5.97 Å². The summed E-state index contributed by atoms with van der Waals surface area (Å²) in [6, 6.07) is 19.6. The van der Waals surface area contributed by atoms with Crippen LogP contribution in [-0.2, 0) is 42.9 Å². The lowest BCUT2D eigenvalue weighted by atomic mass is 10.0. The Morgan fingerprint density at radius 3 is 2.52 bits per heavy atom. The lowest BCUT2D eigenvalue weighted by Crippen LogP contribution is -2.70. The minimum absolute atomic E-state index is 0.0251. The Hall–Kier alpha value is -5.09. The zero-order chi connectivity index (χ0) is 40.0. The number of hydrogen-bond donors (Lipinski definition) is 2. The van der Waals surface area contributed by atoms with Crippen LogP contribution >= 0.6 is 11.8 Å². The number of ether oxygens (including phenoxy) is 4. The molecule has 56 heavy (non-hydrogen) atoms. The summed E-state index contributed by atoms with van der Waals surface area (Å²) >= 11 is 1.18. The third kappa shape index (κ3) is 11.2. The molecule has 2 N–H and O–H groups in total. The number of nitro benzene ring substituents is 1. The SMILES string of the molecule is CCCCCCCCS(=O)C(C)Cc1ccc2c(c1)OCO2.O=C(COc1ccccc1)NC1C(=O)N2C(C(=O)OCc3ccccc3[N+](=O)[O-])=C(O)CS[C@H]12. The highest BCUT2D eigenvalue weighted by Crippen LogP contribution is 2.40. The average Bonchev–Trinajstić information content (AvgIpc) is 3.68. The molecule has 3 unspecified atom stereocenters. The number of unbranched alkanes of at least 4 members (excludes halogenated alkanes) is 5. The molecular weight excluding hydrogens is 763 g/mol. The number of rotatable bonds is 18. The van der Waals surface area contributed by atoms with Crippen molar-refractivity contribution >= 4 is 46.0 Å². The third-order valence-electron chi connectivity index (χ3n) is 9.23. The summed E-state index contributed by atoms with van der Waals surface area (Å²) in [6.07, 6.45) is 8.32. The second kappa shape index (κ2) is 20.7. The van der Waals surface area contributed by atoms with Crippen LogP contribution in [0.4, 0.5) is 5.69 Å². The van der Waals surface area contributed by atoms with Gasteiger partial charge in [0.25, 0.3) is 17.5 Å². The Morgan fingerprint density at radius 1 is 1.04 bits per heavy atom. The van der Waals surface area contributed by atoms with Crippen LogP contribution in [0.3, 0.4) is 0 Å². The molecule has 300 valence electrons. The summed E-state index contributed by atoms with van der Waals surface area (Å²) in [5.74, 6) is 0.538. The van der Waals surface area contributed by atoms with Crippen molar-refractivity contribution in [1.82, 2.24) is 10.2 Å². The first-order valence-electron chi connectivity index (χ1n) is 18.6. The zero-order valence-electron chi connectivity index (χ0n) is 31.4. The Morgan fingerprint density at radius 2 is 1.75 bits per heavy atom. The molecule has 3 heterocycles. The molecule has 0 aromatic heterocycles. The summed E-state index contributed by atoms with van der Waals surface area (Å²) in [6.45, 7) is 3.91. The van der Waals surface area contributed by atoms with Crippen LogP contribution in [0.25, 0.3) is 0 Å². The number of para-hydroxylation sites is 2. The number of β-lactam (4-membered cyclic amide) rings is 1. The number of benzene rings is 3.